The maximum atomic E-state index is 13.1. The number of rotatable bonds is 7. The molecule has 1 amide bonds. The first-order valence-electron chi connectivity index (χ1n) is 9.14. The van der Waals surface area contributed by atoms with Gasteiger partial charge >= 0.3 is 5.97 Å². The van der Waals surface area contributed by atoms with Crippen molar-refractivity contribution in [2.75, 3.05) is 23.3 Å². The number of esters is 1. The monoisotopic (exact) mass is 442 g/mol. The second kappa shape index (κ2) is 9.40. The van der Waals surface area contributed by atoms with E-state index in [1.54, 1.807) is 30.3 Å². The third-order valence-corrected chi connectivity index (χ3v) is 6.11. The maximum Gasteiger partial charge on any atom is 0.338 e. The van der Waals surface area contributed by atoms with E-state index < -0.39 is 34.3 Å². The van der Waals surface area contributed by atoms with Gasteiger partial charge in [0.2, 0.25) is 0 Å². The number of hydrogen-bond donors (Lipinski definition) is 1. The number of amides is 1. The van der Waals surface area contributed by atoms with Crippen molar-refractivity contribution in [3.05, 3.63) is 90.2 Å². The highest BCUT2D eigenvalue weighted by Gasteiger charge is 2.21. The van der Waals surface area contributed by atoms with Gasteiger partial charge < -0.3 is 10.1 Å². The Balaban J connectivity index is 1.61. The summed E-state index contributed by atoms with van der Waals surface area (Å²) in [6.07, 6.45) is 0. The molecule has 3 aromatic rings. The number of para-hydroxylation sites is 1. The number of nitrogens with zero attached hydrogens (tertiary/aromatic N) is 1. The van der Waals surface area contributed by atoms with Crippen LogP contribution >= 0.6 is 0 Å². The van der Waals surface area contributed by atoms with Crippen LogP contribution in [0.5, 0.6) is 0 Å². The Morgan fingerprint density at radius 2 is 1.65 bits per heavy atom. The first-order valence-corrected chi connectivity index (χ1v) is 10.6. The molecule has 0 bridgehead atoms. The Labute approximate surface area is 179 Å². The molecule has 0 fully saturated rings. The normalized spacial score (nSPS) is 10.9. The van der Waals surface area contributed by atoms with Crippen LogP contribution in [0.1, 0.15) is 10.4 Å². The van der Waals surface area contributed by atoms with Crippen molar-refractivity contribution in [2.24, 2.45) is 0 Å². The van der Waals surface area contributed by atoms with Crippen molar-refractivity contribution < 1.29 is 27.1 Å². The minimum atomic E-state index is -3.81. The summed E-state index contributed by atoms with van der Waals surface area (Å²) in [5, 5.41) is 2.41. The quantitative estimate of drug-likeness (QED) is 0.566. The van der Waals surface area contributed by atoms with Crippen molar-refractivity contribution in [1.29, 1.82) is 0 Å². The molecule has 0 aliphatic heterocycles. The first kappa shape index (κ1) is 22.0. The Hall–Kier alpha value is -3.72. The standard InChI is InChI=1S/C22H19FN2O5S/c1-25(19-8-3-2-4-9-19)31(28,29)20-12-10-16(11-13-20)22(27)30-15-21(26)24-18-7-5-6-17(23)14-18/h2-14H,15H2,1H3,(H,24,26). The predicted octanol–water partition coefficient (Wildman–Crippen LogP) is 3.45. The summed E-state index contributed by atoms with van der Waals surface area (Å²) in [5.41, 5.74) is 0.813. The maximum absolute atomic E-state index is 13.1. The summed E-state index contributed by atoms with van der Waals surface area (Å²) < 4.78 is 44.7. The van der Waals surface area contributed by atoms with Crippen LogP contribution in [0.3, 0.4) is 0 Å². The molecule has 0 unspecified atom stereocenters. The first-order chi connectivity index (χ1) is 14.8. The fourth-order valence-corrected chi connectivity index (χ4v) is 3.87. The molecule has 0 saturated heterocycles. The van der Waals surface area contributed by atoms with Gasteiger partial charge in [-0.05, 0) is 54.6 Å². The van der Waals surface area contributed by atoms with Crippen LogP contribution in [-0.2, 0) is 19.6 Å². The molecule has 3 rings (SSSR count). The van der Waals surface area contributed by atoms with Crippen LogP contribution < -0.4 is 9.62 Å². The van der Waals surface area contributed by atoms with E-state index in [9.17, 15) is 22.4 Å². The van der Waals surface area contributed by atoms with E-state index in [-0.39, 0.29) is 16.1 Å². The van der Waals surface area contributed by atoms with E-state index in [1.165, 1.54) is 49.5 Å². The van der Waals surface area contributed by atoms with E-state index in [0.717, 1.165) is 10.4 Å². The fraction of sp³-hybridized carbons (Fsp3) is 0.0909. The largest absolute Gasteiger partial charge is 0.452 e. The highest BCUT2D eigenvalue weighted by Crippen LogP contribution is 2.22. The summed E-state index contributed by atoms with van der Waals surface area (Å²) in [6, 6.07) is 19.0. The van der Waals surface area contributed by atoms with E-state index >= 15 is 0 Å². The smallest absolute Gasteiger partial charge is 0.338 e. The molecule has 0 spiro atoms. The molecule has 0 aromatic heterocycles. The van der Waals surface area contributed by atoms with E-state index in [1.807, 2.05) is 0 Å². The number of carbonyl (C=O) groups is 2. The topological polar surface area (TPSA) is 92.8 Å². The lowest BCUT2D eigenvalue weighted by molar-refractivity contribution is -0.119. The van der Waals surface area contributed by atoms with Crippen LogP contribution in [0.4, 0.5) is 15.8 Å². The highest BCUT2D eigenvalue weighted by atomic mass is 32.2. The Morgan fingerprint density at radius 1 is 0.968 bits per heavy atom. The van der Waals surface area contributed by atoms with Gasteiger partial charge in [0.05, 0.1) is 16.1 Å². The Morgan fingerprint density at radius 3 is 2.29 bits per heavy atom. The molecule has 0 saturated carbocycles. The summed E-state index contributed by atoms with van der Waals surface area (Å²) >= 11 is 0. The molecule has 160 valence electrons. The molecule has 3 aromatic carbocycles. The molecule has 9 heteroatoms. The van der Waals surface area contributed by atoms with Crippen molar-refractivity contribution in [3.8, 4) is 0 Å². The predicted molar refractivity (Wildman–Crippen MR) is 114 cm³/mol. The van der Waals surface area contributed by atoms with Gasteiger partial charge in [-0.2, -0.15) is 0 Å². The summed E-state index contributed by atoms with van der Waals surface area (Å²) in [7, 11) is -2.38. The second-order valence-electron chi connectivity index (χ2n) is 6.47. The number of sulfonamides is 1. The SMILES string of the molecule is CN(c1ccccc1)S(=O)(=O)c1ccc(C(=O)OCC(=O)Nc2cccc(F)c2)cc1. The number of halogens is 1. The minimum Gasteiger partial charge on any atom is -0.452 e. The molecule has 7 nitrogen and oxygen atoms in total. The molecule has 1 N–H and O–H groups in total. The number of carbonyl (C=O) groups excluding carboxylic acids is 2. The molecule has 0 radical (unpaired) electrons. The Kier molecular flexibility index (Phi) is 6.66. The zero-order chi connectivity index (χ0) is 22.4. The lowest BCUT2D eigenvalue weighted by atomic mass is 10.2. The van der Waals surface area contributed by atoms with Gasteiger partial charge in [0.25, 0.3) is 15.9 Å². The summed E-state index contributed by atoms with van der Waals surface area (Å²) in [4.78, 5) is 24.0. The van der Waals surface area contributed by atoms with Crippen molar-refractivity contribution in [2.45, 2.75) is 4.90 Å². The molecule has 0 aliphatic carbocycles. The molecule has 0 heterocycles. The minimum absolute atomic E-state index is 0.000694. The van der Waals surface area contributed by atoms with Crippen LogP contribution in [-0.4, -0.2) is 33.9 Å². The summed E-state index contributed by atoms with van der Waals surface area (Å²) in [5.74, 6) is -1.94. The van der Waals surface area contributed by atoms with Gasteiger partial charge in [-0.25, -0.2) is 17.6 Å². The second-order valence-corrected chi connectivity index (χ2v) is 8.44. The van der Waals surface area contributed by atoms with Crippen LogP contribution in [0.2, 0.25) is 0 Å². The number of anilines is 2. The fourth-order valence-electron chi connectivity index (χ4n) is 2.68. The molecular formula is C22H19FN2O5S. The molecule has 0 aliphatic rings. The van der Waals surface area contributed by atoms with Gasteiger partial charge in [0.1, 0.15) is 5.82 Å². The van der Waals surface area contributed by atoms with Crippen molar-refractivity contribution >= 4 is 33.3 Å². The van der Waals surface area contributed by atoms with Crippen LogP contribution in [0.15, 0.2) is 83.8 Å². The zero-order valence-electron chi connectivity index (χ0n) is 16.5. The number of nitrogens with one attached hydrogen (secondary N) is 1. The number of ether oxygens (including phenoxy) is 1. The average molecular weight is 442 g/mol. The van der Waals surface area contributed by atoms with Crippen LogP contribution in [0.25, 0.3) is 0 Å². The van der Waals surface area contributed by atoms with Gasteiger partial charge in [-0.3, -0.25) is 9.10 Å². The third-order valence-electron chi connectivity index (χ3n) is 4.31. The van der Waals surface area contributed by atoms with Crippen molar-refractivity contribution in [1.82, 2.24) is 0 Å². The third kappa shape index (κ3) is 5.46. The van der Waals surface area contributed by atoms with E-state index in [4.69, 9.17) is 4.74 Å². The molecule has 31 heavy (non-hydrogen) atoms. The van der Waals surface area contributed by atoms with Gasteiger partial charge in [0.15, 0.2) is 6.61 Å². The van der Waals surface area contributed by atoms with Gasteiger partial charge in [-0.15, -0.1) is 0 Å². The van der Waals surface area contributed by atoms with Crippen molar-refractivity contribution in [3.63, 3.8) is 0 Å². The highest BCUT2D eigenvalue weighted by molar-refractivity contribution is 7.92. The lowest BCUT2D eigenvalue weighted by Crippen LogP contribution is -2.26. The van der Waals surface area contributed by atoms with E-state index in [2.05, 4.69) is 5.32 Å². The van der Waals surface area contributed by atoms with Crippen LogP contribution in [0, 0.1) is 5.82 Å². The lowest BCUT2D eigenvalue weighted by Gasteiger charge is -2.19. The average Bonchev–Trinajstić information content (AvgIpc) is 2.77. The number of benzene rings is 3. The Bertz CT molecular complexity index is 1180. The molecular weight excluding hydrogens is 423 g/mol. The molecule has 0 atom stereocenters. The zero-order valence-corrected chi connectivity index (χ0v) is 17.3. The van der Waals surface area contributed by atoms with Gasteiger partial charge in [-0.1, -0.05) is 24.3 Å². The van der Waals surface area contributed by atoms with E-state index in [0.29, 0.717) is 5.69 Å². The summed E-state index contributed by atoms with van der Waals surface area (Å²) in [6.45, 7) is -0.577. The van der Waals surface area contributed by atoms with Gasteiger partial charge in [0, 0.05) is 12.7 Å². The number of hydrogen-bond acceptors (Lipinski definition) is 5.